The summed E-state index contributed by atoms with van der Waals surface area (Å²) in [6, 6.07) is 6.84. The largest absolute Gasteiger partial charge is 0.494 e. The van der Waals surface area contributed by atoms with Crippen LogP contribution < -0.4 is 4.74 Å². The van der Waals surface area contributed by atoms with E-state index in [1.807, 2.05) is 0 Å². The number of hydrogen-bond donors (Lipinski definition) is 1. The van der Waals surface area contributed by atoms with Gasteiger partial charge in [0.1, 0.15) is 5.75 Å². The van der Waals surface area contributed by atoms with Crippen LogP contribution in [0, 0.1) is 0 Å². The zero-order valence-electron chi connectivity index (χ0n) is 10.3. The summed E-state index contributed by atoms with van der Waals surface area (Å²) in [5.74, 6) is -0.0311. The third-order valence-electron chi connectivity index (χ3n) is 2.39. The van der Waals surface area contributed by atoms with Crippen molar-refractivity contribution in [3.63, 3.8) is 0 Å². The minimum atomic E-state index is -1.26. The molecule has 0 amide bonds. The second-order valence-corrected chi connectivity index (χ2v) is 4.54. The number of aliphatic hydroxyl groups excluding tert-OH is 1. The molecule has 1 N–H and O–H groups in total. The Balaban J connectivity index is 2.59. The molecule has 0 aliphatic carbocycles. The quantitative estimate of drug-likeness (QED) is 0.477. The molecule has 18 heavy (non-hydrogen) atoms. The number of hydrogen-bond acceptors (Lipinski definition) is 4. The van der Waals surface area contributed by atoms with Gasteiger partial charge in [0.15, 0.2) is 6.10 Å². The molecule has 1 aromatic rings. The van der Waals surface area contributed by atoms with Crippen molar-refractivity contribution in [1.82, 2.24) is 0 Å². The number of aliphatic hydroxyl groups is 1. The van der Waals surface area contributed by atoms with Crippen molar-refractivity contribution in [3.05, 3.63) is 29.8 Å². The Hall–Kier alpha value is -1.07. The number of methoxy groups -OCH3 is 1. The molecular weight excluding hydrogens is 300 g/mol. The first kappa shape index (κ1) is 15.0. The van der Waals surface area contributed by atoms with Gasteiger partial charge in [0.25, 0.3) is 0 Å². The summed E-state index contributed by atoms with van der Waals surface area (Å²) in [5, 5.41) is 10.6. The van der Waals surface area contributed by atoms with Crippen molar-refractivity contribution >= 4 is 21.9 Å². The van der Waals surface area contributed by atoms with Gasteiger partial charge in [0, 0.05) is 5.33 Å². The number of carbonyl (C=O) groups is 1. The highest BCUT2D eigenvalue weighted by molar-refractivity contribution is 9.09. The summed E-state index contributed by atoms with van der Waals surface area (Å²) in [5.41, 5.74) is 0.472. The minimum absolute atomic E-state index is 0.472. The van der Waals surface area contributed by atoms with Crippen LogP contribution in [0.15, 0.2) is 24.3 Å². The van der Waals surface area contributed by atoms with Gasteiger partial charge in [-0.3, -0.25) is 0 Å². The average Bonchev–Trinajstić information content (AvgIpc) is 2.42. The number of carbonyl (C=O) groups excluding carboxylic acids is 1. The summed E-state index contributed by atoms with van der Waals surface area (Å²) in [6.07, 6.45) is 0.737. The number of halogens is 1. The van der Waals surface area contributed by atoms with E-state index in [0.29, 0.717) is 17.9 Å². The zero-order valence-corrected chi connectivity index (χ0v) is 11.9. The van der Waals surface area contributed by atoms with Crippen molar-refractivity contribution in [2.45, 2.75) is 18.9 Å². The van der Waals surface area contributed by atoms with Crippen molar-refractivity contribution in [2.24, 2.45) is 0 Å². The van der Waals surface area contributed by atoms with Crippen molar-refractivity contribution < 1.29 is 19.4 Å². The van der Waals surface area contributed by atoms with Gasteiger partial charge < -0.3 is 14.6 Å². The number of esters is 1. The van der Waals surface area contributed by atoms with E-state index >= 15 is 0 Å². The third kappa shape index (κ3) is 4.66. The molecule has 100 valence electrons. The number of benzene rings is 1. The molecule has 5 heteroatoms. The van der Waals surface area contributed by atoms with Crippen LogP contribution in [0.5, 0.6) is 5.75 Å². The highest BCUT2D eigenvalue weighted by atomic mass is 79.9. The summed E-state index contributed by atoms with van der Waals surface area (Å²) < 4.78 is 10.0. The van der Waals surface area contributed by atoms with Crippen LogP contribution in [0.25, 0.3) is 0 Å². The highest BCUT2D eigenvalue weighted by Crippen LogP contribution is 2.20. The van der Waals surface area contributed by atoms with Crippen molar-refractivity contribution in [3.8, 4) is 5.75 Å². The summed E-state index contributed by atoms with van der Waals surface area (Å²) in [4.78, 5) is 11.2. The maximum Gasteiger partial charge on any atom is 0.339 e. The molecule has 0 heterocycles. The molecule has 1 aromatic carbocycles. The van der Waals surface area contributed by atoms with Crippen LogP contribution in [0.2, 0.25) is 0 Å². The lowest BCUT2D eigenvalue weighted by molar-refractivity contribution is -0.150. The van der Waals surface area contributed by atoms with Gasteiger partial charge in [-0.1, -0.05) is 28.1 Å². The minimum Gasteiger partial charge on any atom is -0.494 e. The second kappa shape index (κ2) is 8.11. The van der Waals surface area contributed by atoms with E-state index < -0.39 is 12.1 Å². The first-order valence-electron chi connectivity index (χ1n) is 5.73. The Morgan fingerprint density at radius 1 is 1.44 bits per heavy atom. The number of unbranched alkanes of at least 4 members (excludes halogenated alkanes) is 1. The Morgan fingerprint density at radius 2 is 2.22 bits per heavy atom. The van der Waals surface area contributed by atoms with Gasteiger partial charge in [-0.25, -0.2) is 4.79 Å². The fraction of sp³-hybridized carbons (Fsp3) is 0.462. The summed E-state index contributed by atoms with van der Waals surface area (Å²) >= 11 is 3.35. The monoisotopic (exact) mass is 316 g/mol. The predicted molar refractivity (Wildman–Crippen MR) is 71.9 cm³/mol. The lowest BCUT2D eigenvalue weighted by Gasteiger charge is -2.11. The number of ether oxygens (including phenoxy) is 2. The van der Waals surface area contributed by atoms with Crippen molar-refractivity contribution in [1.29, 1.82) is 0 Å². The Kier molecular flexibility index (Phi) is 6.75. The Bertz CT molecular complexity index is 381. The summed E-state index contributed by atoms with van der Waals surface area (Å²) in [7, 11) is 1.24. The molecule has 0 aliphatic rings. The topological polar surface area (TPSA) is 55.8 Å². The predicted octanol–water partition coefficient (Wildman–Crippen LogP) is 2.45. The molecule has 0 fully saturated rings. The van der Waals surface area contributed by atoms with Gasteiger partial charge in [0.2, 0.25) is 0 Å². The first-order valence-corrected chi connectivity index (χ1v) is 6.85. The van der Waals surface area contributed by atoms with Gasteiger partial charge in [-0.2, -0.15) is 0 Å². The van der Waals surface area contributed by atoms with E-state index in [4.69, 9.17) is 4.74 Å². The number of alkyl halides is 1. The van der Waals surface area contributed by atoms with Crippen molar-refractivity contribution in [2.75, 3.05) is 19.0 Å². The van der Waals surface area contributed by atoms with Crippen LogP contribution in [-0.2, 0) is 9.53 Å². The molecule has 1 rings (SSSR count). The molecule has 1 unspecified atom stereocenters. The van der Waals surface area contributed by atoms with Crippen LogP contribution in [0.3, 0.4) is 0 Å². The maximum absolute atomic E-state index is 11.2. The lowest BCUT2D eigenvalue weighted by atomic mass is 10.1. The van der Waals surface area contributed by atoms with Gasteiger partial charge >= 0.3 is 5.97 Å². The highest BCUT2D eigenvalue weighted by Gasteiger charge is 2.17. The molecule has 0 bridgehead atoms. The molecule has 4 nitrogen and oxygen atoms in total. The normalized spacial score (nSPS) is 11.9. The molecule has 0 aliphatic heterocycles. The first-order chi connectivity index (χ1) is 8.69. The van der Waals surface area contributed by atoms with E-state index in [0.717, 1.165) is 18.2 Å². The molecule has 0 aromatic heterocycles. The molecule has 0 spiro atoms. The maximum atomic E-state index is 11.2. The fourth-order valence-electron chi connectivity index (χ4n) is 1.41. The van der Waals surface area contributed by atoms with Crippen LogP contribution >= 0.6 is 15.9 Å². The summed E-state index contributed by atoms with van der Waals surface area (Å²) in [6.45, 7) is 0.614. The molecule has 1 atom stereocenters. The average molecular weight is 317 g/mol. The van der Waals surface area contributed by atoms with Crippen LogP contribution in [-0.4, -0.2) is 30.1 Å². The van der Waals surface area contributed by atoms with E-state index in [-0.39, 0.29) is 0 Å². The standard InChI is InChI=1S/C13H17BrO4/c1-17-13(16)12(15)10-5-4-6-11(9-10)18-8-3-2-7-14/h4-6,9,12,15H,2-3,7-8H2,1H3. The van der Waals surface area contributed by atoms with Gasteiger partial charge in [0.05, 0.1) is 13.7 Å². The van der Waals surface area contributed by atoms with E-state index in [2.05, 4.69) is 20.7 Å². The molecular formula is C13H17BrO4. The van der Waals surface area contributed by atoms with E-state index in [1.54, 1.807) is 24.3 Å². The third-order valence-corrected chi connectivity index (χ3v) is 2.96. The van der Waals surface area contributed by atoms with Gasteiger partial charge in [-0.15, -0.1) is 0 Å². The SMILES string of the molecule is COC(=O)C(O)c1cccc(OCCCCBr)c1. The van der Waals surface area contributed by atoms with E-state index in [1.165, 1.54) is 7.11 Å². The van der Waals surface area contributed by atoms with Gasteiger partial charge in [-0.05, 0) is 30.5 Å². The Labute approximate surface area is 115 Å². The Morgan fingerprint density at radius 3 is 2.89 bits per heavy atom. The van der Waals surface area contributed by atoms with E-state index in [9.17, 15) is 9.90 Å². The molecule has 0 saturated heterocycles. The molecule has 0 radical (unpaired) electrons. The molecule has 0 saturated carbocycles. The van der Waals surface area contributed by atoms with Crippen LogP contribution in [0.1, 0.15) is 24.5 Å². The fourth-order valence-corrected chi connectivity index (χ4v) is 1.81. The second-order valence-electron chi connectivity index (χ2n) is 3.74. The smallest absolute Gasteiger partial charge is 0.339 e. The lowest BCUT2D eigenvalue weighted by Crippen LogP contribution is -2.13. The zero-order chi connectivity index (χ0) is 13.4. The van der Waals surface area contributed by atoms with Crippen LogP contribution in [0.4, 0.5) is 0 Å². The number of rotatable bonds is 7.